The van der Waals surface area contributed by atoms with Gasteiger partial charge in [0.05, 0.1) is 12.8 Å². The highest BCUT2D eigenvalue weighted by Crippen LogP contribution is 2.08. The largest absolute Gasteiger partial charge is 0.384 e. The summed E-state index contributed by atoms with van der Waals surface area (Å²) in [5, 5.41) is 18.0. The molecule has 18 nitrogen and oxygen atoms in total. The van der Waals surface area contributed by atoms with E-state index in [-0.39, 0.29) is 56.7 Å². The van der Waals surface area contributed by atoms with Crippen LogP contribution in [0.2, 0.25) is 0 Å². The smallest absolute Gasteiger partial charge is 0.243 e. The summed E-state index contributed by atoms with van der Waals surface area (Å²) in [7, 11) is 0. The van der Waals surface area contributed by atoms with Gasteiger partial charge in [-0.15, -0.1) is 0 Å². The van der Waals surface area contributed by atoms with E-state index < -0.39 is 54.1 Å². The number of guanidine groups is 2. The van der Waals surface area contributed by atoms with Crippen LogP contribution in [0.3, 0.4) is 0 Å². The lowest BCUT2D eigenvalue weighted by molar-refractivity contribution is -0.135. The minimum atomic E-state index is -1.49. The average molecular weight is 694 g/mol. The van der Waals surface area contributed by atoms with Gasteiger partial charge in [0, 0.05) is 25.2 Å². The third-order valence-corrected chi connectivity index (χ3v) is 7.15. The van der Waals surface area contributed by atoms with E-state index in [0.717, 1.165) is 0 Å². The molecule has 18 heteroatoms. The third kappa shape index (κ3) is 15.6. The van der Waals surface area contributed by atoms with Crippen LogP contribution in [0.5, 0.6) is 0 Å². The second-order valence-electron chi connectivity index (χ2n) is 11.3. The van der Waals surface area contributed by atoms with Crippen LogP contribution < -0.4 is 55.7 Å². The molecule has 2 rings (SSSR count). The molecular formula is C32H47N13O5. The Bertz CT molecular complexity index is 1520. The number of carbonyl (C=O) groups excluding carboxylic acids is 5. The highest BCUT2D eigenvalue weighted by atomic mass is 16.2. The van der Waals surface area contributed by atoms with E-state index >= 15 is 0 Å². The Hall–Kier alpha value is -6.20. The number of nitrogen functional groups attached to an aromatic ring is 1. The Balaban J connectivity index is 2.21. The van der Waals surface area contributed by atoms with Crippen LogP contribution in [0.25, 0.3) is 0 Å². The minimum Gasteiger partial charge on any atom is -0.384 e. The number of rotatable bonds is 21. The van der Waals surface area contributed by atoms with Gasteiger partial charge < -0.3 is 55.7 Å². The van der Waals surface area contributed by atoms with Gasteiger partial charge in [-0.1, -0.05) is 54.6 Å². The second-order valence-corrected chi connectivity index (χ2v) is 11.3. The van der Waals surface area contributed by atoms with Crippen LogP contribution in [-0.2, 0) is 36.9 Å². The Kier molecular flexibility index (Phi) is 16.7. The summed E-state index contributed by atoms with van der Waals surface area (Å²) >= 11 is 0. The number of nitrogens with one attached hydrogen (secondary N) is 5. The molecule has 17 N–H and O–H groups in total. The number of hydrogen-bond acceptors (Lipinski definition) is 8. The molecule has 0 aromatic heterocycles. The fraction of sp³-hybridized carbons (Fsp3) is 0.375. The van der Waals surface area contributed by atoms with Gasteiger partial charge in [-0.2, -0.15) is 0 Å². The lowest BCUT2D eigenvalue weighted by atomic mass is 10.1. The molecule has 0 spiro atoms. The zero-order chi connectivity index (χ0) is 37.1. The van der Waals surface area contributed by atoms with Gasteiger partial charge in [0.2, 0.25) is 29.5 Å². The summed E-state index contributed by atoms with van der Waals surface area (Å²) in [6, 6.07) is 11.8. The fourth-order valence-corrected chi connectivity index (χ4v) is 4.64. The van der Waals surface area contributed by atoms with Crippen molar-refractivity contribution in [3.63, 3.8) is 0 Å². The Morgan fingerprint density at radius 3 is 1.68 bits per heavy atom. The van der Waals surface area contributed by atoms with Crippen molar-refractivity contribution < 1.29 is 24.0 Å². The first-order chi connectivity index (χ1) is 23.7. The maximum Gasteiger partial charge on any atom is 0.243 e. The number of carbonyl (C=O) groups is 5. The first-order valence-corrected chi connectivity index (χ1v) is 15.8. The van der Waals surface area contributed by atoms with E-state index in [1.54, 1.807) is 54.6 Å². The monoisotopic (exact) mass is 693 g/mol. The number of nitrogens with two attached hydrogens (primary N) is 6. The Morgan fingerprint density at radius 1 is 0.640 bits per heavy atom. The number of nitrogens with zero attached hydrogens (tertiary/aromatic N) is 2. The van der Waals surface area contributed by atoms with Crippen molar-refractivity contribution in [3.05, 3.63) is 71.3 Å². The topological polar surface area (TPSA) is 338 Å². The normalized spacial score (nSPS) is 12.2. The van der Waals surface area contributed by atoms with E-state index in [1.807, 2.05) is 0 Å². The van der Waals surface area contributed by atoms with Gasteiger partial charge in [-0.25, -0.2) is 0 Å². The van der Waals surface area contributed by atoms with Gasteiger partial charge in [0.25, 0.3) is 0 Å². The van der Waals surface area contributed by atoms with E-state index in [4.69, 9.17) is 39.8 Å². The van der Waals surface area contributed by atoms with Gasteiger partial charge in [0.15, 0.2) is 11.9 Å². The summed E-state index contributed by atoms with van der Waals surface area (Å²) in [5.41, 5.74) is 34.4. The molecule has 0 saturated heterocycles. The zero-order valence-electron chi connectivity index (χ0n) is 27.7. The Labute approximate surface area is 289 Å². The number of benzene rings is 2. The minimum absolute atomic E-state index is 0.0127. The van der Waals surface area contributed by atoms with Crippen LogP contribution in [0.15, 0.2) is 64.6 Å². The summed E-state index contributed by atoms with van der Waals surface area (Å²) < 4.78 is 0. The molecule has 0 saturated carbocycles. The summed E-state index contributed by atoms with van der Waals surface area (Å²) in [5.74, 6) is -3.92. The zero-order valence-corrected chi connectivity index (χ0v) is 27.7. The third-order valence-electron chi connectivity index (χ3n) is 7.15. The molecule has 5 amide bonds. The van der Waals surface area contributed by atoms with Crippen molar-refractivity contribution in [2.45, 2.75) is 63.2 Å². The molecule has 0 fully saturated rings. The number of hydrogen-bond donors (Lipinski definition) is 11. The highest BCUT2D eigenvalue weighted by Gasteiger charge is 2.30. The van der Waals surface area contributed by atoms with Crippen LogP contribution in [0.4, 0.5) is 0 Å². The number of amides is 5. The highest BCUT2D eigenvalue weighted by molar-refractivity contribution is 5.97. The standard InChI is InChI=1S/C32H47N13O5/c33-25(46)17-24(45-29(49)23(9-5-15-41-32(38)39)43-26(47)16-19-6-2-1-3-7-19)30(50)44-22(8-4-14-40-31(36)37)28(48)42-18-20-10-12-21(13-11-20)27(34)35/h1-3,6-7,10-13,22-24H,4-5,8-9,14-18H2,(H2,33,46)(H3,34,35)(H,42,48)(H,43,47)(H,44,50)(H,45,49)(H4,36,37,40)(H4,38,39,41)/t22?,23?,24-/m0/s1. The molecule has 0 aliphatic rings. The van der Waals surface area contributed by atoms with Crippen molar-refractivity contribution >= 4 is 47.3 Å². The molecule has 0 heterocycles. The van der Waals surface area contributed by atoms with Crippen LogP contribution in [0.1, 0.15) is 48.8 Å². The van der Waals surface area contributed by atoms with E-state index in [1.165, 1.54) is 0 Å². The average Bonchev–Trinajstić information content (AvgIpc) is 3.06. The molecule has 270 valence electrons. The van der Waals surface area contributed by atoms with E-state index in [2.05, 4.69) is 31.3 Å². The van der Waals surface area contributed by atoms with E-state index in [9.17, 15) is 24.0 Å². The van der Waals surface area contributed by atoms with Gasteiger partial charge >= 0.3 is 0 Å². The SMILES string of the molecule is N=C(N)c1ccc(CNC(=O)C(CCCN=C(N)N)NC(=O)[C@H](CC(N)=O)NC(=O)C(CCCN=C(N)N)NC(=O)Cc2ccccc2)cc1. The number of amidine groups is 1. The van der Waals surface area contributed by atoms with Crippen LogP contribution >= 0.6 is 0 Å². The lowest BCUT2D eigenvalue weighted by Crippen LogP contribution is -2.57. The fourth-order valence-electron chi connectivity index (χ4n) is 4.64. The molecule has 2 aromatic carbocycles. The summed E-state index contributed by atoms with van der Waals surface area (Å²) in [4.78, 5) is 72.9. The number of aliphatic imine (C=N–C) groups is 2. The maximum absolute atomic E-state index is 13.5. The quantitative estimate of drug-likeness (QED) is 0.0364. The molecule has 3 atom stereocenters. The molecule has 2 aromatic rings. The molecule has 0 radical (unpaired) electrons. The van der Waals surface area contributed by atoms with Crippen molar-refractivity contribution in [1.82, 2.24) is 21.3 Å². The molecule has 0 aliphatic carbocycles. The summed E-state index contributed by atoms with van der Waals surface area (Å²) in [6.07, 6.45) is 0.170. The van der Waals surface area contributed by atoms with E-state index in [0.29, 0.717) is 29.5 Å². The molecule has 0 bridgehead atoms. The van der Waals surface area contributed by atoms with Gasteiger partial charge in [0.1, 0.15) is 24.0 Å². The Morgan fingerprint density at radius 2 is 1.16 bits per heavy atom. The van der Waals surface area contributed by atoms with Crippen LogP contribution in [-0.4, -0.2) is 78.5 Å². The lowest BCUT2D eigenvalue weighted by Gasteiger charge is -2.25. The number of primary amides is 1. The van der Waals surface area contributed by atoms with Crippen molar-refractivity contribution in [2.24, 2.45) is 44.4 Å². The molecule has 50 heavy (non-hydrogen) atoms. The molecular weight excluding hydrogens is 646 g/mol. The van der Waals surface area contributed by atoms with Crippen molar-refractivity contribution in [3.8, 4) is 0 Å². The van der Waals surface area contributed by atoms with Gasteiger partial charge in [-0.3, -0.25) is 39.4 Å². The second kappa shape index (κ2) is 20.9. The molecule has 2 unspecified atom stereocenters. The predicted molar refractivity (Wildman–Crippen MR) is 189 cm³/mol. The summed E-state index contributed by atoms with van der Waals surface area (Å²) in [6.45, 7) is 0.423. The first-order valence-electron chi connectivity index (χ1n) is 15.8. The first kappa shape index (κ1) is 40.0. The van der Waals surface area contributed by atoms with Crippen molar-refractivity contribution in [1.29, 1.82) is 5.41 Å². The predicted octanol–water partition coefficient (Wildman–Crippen LogP) is -2.73. The van der Waals surface area contributed by atoms with Crippen molar-refractivity contribution in [2.75, 3.05) is 13.1 Å². The van der Waals surface area contributed by atoms with Crippen LogP contribution in [0, 0.1) is 5.41 Å². The van der Waals surface area contributed by atoms with Gasteiger partial charge in [-0.05, 0) is 36.8 Å². The molecule has 0 aliphatic heterocycles. The maximum atomic E-state index is 13.5.